The molecule has 17 heavy (non-hydrogen) atoms. The van der Waals surface area contributed by atoms with Gasteiger partial charge in [0.15, 0.2) is 0 Å². The Morgan fingerprint density at radius 2 is 1.94 bits per heavy atom. The minimum Gasteiger partial charge on any atom is -0.375 e. The highest BCUT2D eigenvalue weighted by Crippen LogP contribution is 2.22. The molecule has 0 aliphatic heterocycles. The van der Waals surface area contributed by atoms with E-state index >= 15 is 0 Å². The van der Waals surface area contributed by atoms with E-state index in [2.05, 4.69) is 29.6 Å². The fraction of sp³-hybridized carbons (Fsp3) is 0.286. The van der Waals surface area contributed by atoms with Crippen LogP contribution < -0.4 is 5.73 Å². The summed E-state index contributed by atoms with van der Waals surface area (Å²) in [7, 11) is 1.71. The third-order valence-electron chi connectivity index (χ3n) is 2.79. The fourth-order valence-electron chi connectivity index (χ4n) is 1.97. The van der Waals surface area contributed by atoms with E-state index in [1.807, 2.05) is 18.2 Å². The normalized spacial score (nSPS) is 14.5. The molecule has 2 N–H and O–H groups in total. The highest BCUT2D eigenvalue weighted by atomic mass is 32.1. The fourth-order valence-corrected chi connectivity index (χ4v) is 2.75. The Kier molecular flexibility index (Phi) is 4.31. The molecule has 1 aromatic heterocycles. The summed E-state index contributed by atoms with van der Waals surface area (Å²) in [4.78, 5) is 1.30. The average Bonchev–Trinajstić information content (AvgIpc) is 2.84. The van der Waals surface area contributed by atoms with Gasteiger partial charge in [-0.2, -0.15) is 0 Å². The van der Waals surface area contributed by atoms with Crippen molar-refractivity contribution in [3.05, 3.63) is 58.3 Å². The van der Waals surface area contributed by atoms with Gasteiger partial charge in [-0.05, 0) is 23.4 Å². The molecule has 2 atom stereocenters. The lowest BCUT2D eigenvalue weighted by molar-refractivity contribution is 0.0805. The molecule has 3 heteroatoms. The molecular formula is C14H17NOS. The standard InChI is InChI=1S/C14H17NOS/c1-16-14(11-6-3-2-4-7-11)13(15)10-12-8-5-9-17-12/h2-9,13-14H,10,15H2,1H3. The maximum atomic E-state index is 6.23. The van der Waals surface area contributed by atoms with Crippen LogP contribution in [0.3, 0.4) is 0 Å². The van der Waals surface area contributed by atoms with Crippen LogP contribution in [0.2, 0.25) is 0 Å². The molecule has 2 aromatic rings. The largest absolute Gasteiger partial charge is 0.375 e. The molecule has 0 bridgehead atoms. The van der Waals surface area contributed by atoms with Gasteiger partial charge in [0.05, 0.1) is 6.10 Å². The van der Waals surface area contributed by atoms with Crippen molar-refractivity contribution in [2.45, 2.75) is 18.6 Å². The molecule has 90 valence electrons. The maximum Gasteiger partial charge on any atom is 0.0975 e. The molecule has 0 amide bonds. The molecule has 2 nitrogen and oxygen atoms in total. The molecule has 0 spiro atoms. The van der Waals surface area contributed by atoms with Gasteiger partial charge in [-0.15, -0.1) is 11.3 Å². The maximum absolute atomic E-state index is 6.23. The van der Waals surface area contributed by atoms with E-state index in [4.69, 9.17) is 10.5 Å². The van der Waals surface area contributed by atoms with Crippen molar-refractivity contribution in [2.75, 3.05) is 7.11 Å². The third kappa shape index (κ3) is 3.16. The van der Waals surface area contributed by atoms with E-state index in [0.717, 1.165) is 12.0 Å². The molecule has 0 aliphatic rings. The molecule has 0 fully saturated rings. The van der Waals surface area contributed by atoms with Crippen LogP contribution in [0.4, 0.5) is 0 Å². The number of rotatable bonds is 5. The van der Waals surface area contributed by atoms with Crippen molar-refractivity contribution < 1.29 is 4.74 Å². The molecule has 0 aliphatic carbocycles. The minimum absolute atomic E-state index is 0.0129. The van der Waals surface area contributed by atoms with Crippen LogP contribution >= 0.6 is 11.3 Å². The van der Waals surface area contributed by atoms with Crippen molar-refractivity contribution in [1.29, 1.82) is 0 Å². The molecule has 1 aromatic carbocycles. The number of methoxy groups -OCH3 is 1. The summed E-state index contributed by atoms with van der Waals surface area (Å²) in [6, 6.07) is 14.3. The van der Waals surface area contributed by atoms with Gasteiger partial charge >= 0.3 is 0 Å². The van der Waals surface area contributed by atoms with Gasteiger partial charge in [0.1, 0.15) is 0 Å². The lowest BCUT2D eigenvalue weighted by Crippen LogP contribution is -2.31. The summed E-state index contributed by atoms with van der Waals surface area (Å²) in [5, 5.41) is 2.08. The van der Waals surface area contributed by atoms with E-state index in [9.17, 15) is 0 Å². The number of ether oxygens (including phenoxy) is 1. The highest BCUT2D eigenvalue weighted by Gasteiger charge is 2.19. The summed E-state index contributed by atoms with van der Waals surface area (Å²) in [5.41, 5.74) is 7.37. The first-order chi connectivity index (χ1) is 8.31. The zero-order chi connectivity index (χ0) is 12.1. The highest BCUT2D eigenvalue weighted by molar-refractivity contribution is 7.09. The van der Waals surface area contributed by atoms with E-state index in [-0.39, 0.29) is 12.1 Å². The summed E-state index contributed by atoms with van der Waals surface area (Å²) in [5.74, 6) is 0. The molecule has 2 rings (SSSR count). The second kappa shape index (κ2) is 5.96. The van der Waals surface area contributed by atoms with Crippen LogP contribution in [0.15, 0.2) is 47.8 Å². The van der Waals surface area contributed by atoms with Crippen LogP contribution in [0.1, 0.15) is 16.5 Å². The predicted molar refractivity (Wildman–Crippen MR) is 72.2 cm³/mol. The number of thiophene rings is 1. The van der Waals surface area contributed by atoms with Crippen LogP contribution in [-0.4, -0.2) is 13.2 Å². The first-order valence-electron chi connectivity index (χ1n) is 5.67. The van der Waals surface area contributed by atoms with E-state index in [1.165, 1.54) is 4.88 Å². The van der Waals surface area contributed by atoms with Crippen molar-refractivity contribution in [2.24, 2.45) is 5.73 Å². The van der Waals surface area contributed by atoms with E-state index in [0.29, 0.717) is 0 Å². The van der Waals surface area contributed by atoms with Gasteiger partial charge in [0, 0.05) is 18.0 Å². The lowest BCUT2D eigenvalue weighted by atomic mass is 10.00. The molecule has 1 heterocycles. The van der Waals surface area contributed by atoms with Crippen LogP contribution in [0, 0.1) is 0 Å². The third-order valence-corrected chi connectivity index (χ3v) is 3.69. The Hall–Kier alpha value is -1.16. The second-order valence-electron chi connectivity index (χ2n) is 4.01. The summed E-state index contributed by atoms with van der Waals surface area (Å²) in [6.45, 7) is 0. The summed E-state index contributed by atoms with van der Waals surface area (Å²) in [6.07, 6.45) is 0.809. The Morgan fingerprint density at radius 1 is 1.18 bits per heavy atom. The lowest BCUT2D eigenvalue weighted by Gasteiger charge is -2.22. The Bertz CT molecular complexity index is 427. The predicted octanol–water partition coefficient (Wildman–Crippen LogP) is 3.01. The van der Waals surface area contributed by atoms with Crippen LogP contribution in [0.5, 0.6) is 0 Å². The van der Waals surface area contributed by atoms with Crippen molar-refractivity contribution in [3.8, 4) is 0 Å². The quantitative estimate of drug-likeness (QED) is 0.881. The second-order valence-corrected chi connectivity index (χ2v) is 5.05. The van der Waals surface area contributed by atoms with Crippen LogP contribution in [-0.2, 0) is 11.2 Å². The minimum atomic E-state index is -0.0432. The van der Waals surface area contributed by atoms with E-state index < -0.39 is 0 Å². The topological polar surface area (TPSA) is 35.2 Å². The number of benzene rings is 1. The number of hydrogen-bond donors (Lipinski definition) is 1. The zero-order valence-corrected chi connectivity index (χ0v) is 10.7. The number of hydrogen-bond acceptors (Lipinski definition) is 3. The van der Waals surface area contributed by atoms with Gasteiger partial charge in [-0.3, -0.25) is 0 Å². The summed E-state index contributed by atoms with van der Waals surface area (Å²) >= 11 is 1.74. The Balaban J connectivity index is 2.08. The van der Waals surface area contributed by atoms with Gasteiger partial charge in [-0.1, -0.05) is 36.4 Å². The molecular weight excluding hydrogens is 230 g/mol. The van der Waals surface area contributed by atoms with Gasteiger partial charge in [-0.25, -0.2) is 0 Å². The first kappa shape index (κ1) is 12.3. The molecule has 0 radical (unpaired) electrons. The Morgan fingerprint density at radius 3 is 2.53 bits per heavy atom. The first-order valence-corrected chi connectivity index (χ1v) is 6.55. The Labute approximate surface area is 106 Å². The van der Waals surface area contributed by atoms with Crippen molar-refractivity contribution in [3.63, 3.8) is 0 Å². The van der Waals surface area contributed by atoms with Crippen LogP contribution in [0.25, 0.3) is 0 Å². The summed E-state index contributed by atoms with van der Waals surface area (Å²) < 4.78 is 5.53. The van der Waals surface area contributed by atoms with Gasteiger partial charge < -0.3 is 10.5 Å². The molecule has 2 unspecified atom stereocenters. The van der Waals surface area contributed by atoms with E-state index in [1.54, 1.807) is 18.4 Å². The molecule has 0 saturated heterocycles. The molecule has 0 saturated carbocycles. The smallest absolute Gasteiger partial charge is 0.0975 e. The van der Waals surface area contributed by atoms with Crippen molar-refractivity contribution in [1.82, 2.24) is 0 Å². The van der Waals surface area contributed by atoms with Crippen molar-refractivity contribution >= 4 is 11.3 Å². The monoisotopic (exact) mass is 247 g/mol. The zero-order valence-electron chi connectivity index (χ0n) is 9.87. The SMILES string of the molecule is COC(c1ccccc1)C(N)Cc1cccs1. The van der Waals surface area contributed by atoms with Gasteiger partial charge in [0.2, 0.25) is 0 Å². The van der Waals surface area contributed by atoms with Gasteiger partial charge in [0.25, 0.3) is 0 Å². The average molecular weight is 247 g/mol. The number of nitrogens with two attached hydrogens (primary N) is 1.